The molecule has 0 aliphatic carbocycles. The summed E-state index contributed by atoms with van der Waals surface area (Å²) in [7, 11) is 0. The molecule has 9 nitrogen and oxygen atoms in total. The van der Waals surface area contributed by atoms with Crippen LogP contribution >= 0.6 is 11.3 Å². The summed E-state index contributed by atoms with van der Waals surface area (Å²) in [4.78, 5) is 47.0. The Morgan fingerprint density at radius 2 is 1.94 bits per heavy atom. The Bertz CT molecular complexity index is 1340. The molecule has 0 amide bonds. The van der Waals surface area contributed by atoms with Gasteiger partial charge < -0.3 is 15.1 Å². The van der Waals surface area contributed by atoms with Gasteiger partial charge in [0.15, 0.2) is 0 Å². The van der Waals surface area contributed by atoms with Crippen molar-refractivity contribution in [3.63, 3.8) is 0 Å². The first kappa shape index (κ1) is 24.6. The number of carboxylic acid groups (broad SMARTS) is 2. The highest BCUT2D eigenvalue weighted by Gasteiger charge is 2.27. The first-order valence-corrected chi connectivity index (χ1v) is 12.5. The Kier molecular flexibility index (Phi) is 7.30. The third-order valence-corrected chi connectivity index (χ3v) is 7.16. The van der Waals surface area contributed by atoms with Crippen molar-refractivity contribution in [3.05, 3.63) is 62.0 Å². The fourth-order valence-electron chi connectivity index (χ4n) is 4.17. The van der Waals surface area contributed by atoms with Crippen molar-refractivity contribution >= 4 is 40.8 Å². The topological polar surface area (TPSA) is 125 Å². The van der Waals surface area contributed by atoms with Crippen molar-refractivity contribution in [2.24, 2.45) is 5.92 Å². The molecule has 4 heterocycles. The Morgan fingerprint density at radius 1 is 1.20 bits per heavy atom. The normalized spacial score (nSPS) is 14.9. The Labute approximate surface area is 206 Å². The van der Waals surface area contributed by atoms with Gasteiger partial charge in [0.25, 0.3) is 5.56 Å². The van der Waals surface area contributed by atoms with E-state index in [1.54, 1.807) is 17.5 Å². The fourth-order valence-corrected chi connectivity index (χ4v) is 5.13. The summed E-state index contributed by atoms with van der Waals surface area (Å²) < 4.78 is 1.42. The van der Waals surface area contributed by atoms with Crippen molar-refractivity contribution in [2.45, 2.75) is 45.4 Å². The Balaban J connectivity index is 1.66. The summed E-state index contributed by atoms with van der Waals surface area (Å²) in [5, 5.41) is 21.6. The van der Waals surface area contributed by atoms with Crippen molar-refractivity contribution in [2.75, 3.05) is 18.0 Å². The quantitative estimate of drug-likeness (QED) is 0.454. The van der Waals surface area contributed by atoms with Crippen molar-refractivity contribution < 1.29 is 19.8 Å². The summed E-state index contributed by atoms with van der Waals surface area (Å²) in [6.45, 7) is 5.09. The zero-order valence-corrected chi connectivity index (χ0v) is 20.5. The molecule has 184 valence electrons. The van der Waals surface area contributed by atoms with Crippen LogP contribution in [0.2, 0.25) is 0 Å². The predicted molar refractivity (Wildman–Crippen MR) is 134 cm³/mol. The van der Waals surface area contributed by atoms with Gasteiger partial charge >= 0.3 is 11.9 Å². The lowest BCUT2D eigenvalue weighted by Gasteiger charge is -2.32. The van der Waals surface area contributed by atoms with Crippen LogP contribution in [0.4, 0.5) is 5.82 Å². The highest BCUT2D eigenvalue weighted by Crippen LogP contribution is 2.25. The van der Waals surface area contributed by atoms with Crippen LogP contribution in [0.15, 0.2) is 34.6 Å². The molecular weight excluding hydrogens is 468 g/mol. The molecule has 35 heavy (non-hydrogen) atoms. The van der Waals surface area contributed by atoms with E-state index in [4.69, 9.17) is 10.1 Å². The molecule has 3 aromatic rings. The minimum Gasteiger partial charge on any atom is -0.481 e. The van der Waals surface area contributed by atoms with E-state index in [1.807, 2.05) is 17.0 Å². The summed E-state index contributed by atoms with van der Waals surface area (Å²) in [5.74, 6) is -1.65. The van der Waals surface area contributed by atoms with Crippen LogP contribution in [0, 0.1) is 5.92 Å². The zero-order chi connectivity index (χ0) is 25.1. The average Bonchev–Trinajstić information content (AvgIpc) is 3.31. The maximum Gasteiger partial charge on any atom is 0.328 e. The molecule has 0 atom stereocenters. The first-order chi connectivity index (χ1) is 16.7. The number of aliphatic carboxylic acids is 2. The fraction of sp³-hybridized carbons (Fsp3) is 0.400. The van der Waals surface area contributed by atoms with Gasteiger partial charge in [0.05, 0.1) is 22.2 Å². The summed E-state index contributed by atoms with van der Waals surface area (Å²) >= 11 is 1.65. The van der Waals surface area contributed by atoms with Gasteiger partial charge in [0.2, 0.25) is 0 Å². The molecular formula is C25H28N4O5S. The highest BCUT2D eigenvalue weighted by molar-refractivity contribution is 7.09. The van der Waals surface area contributed by atoms with Crippen molar-refractivity contribution in [1.82, 2.24) is 14.4 Å². The predicted octanol–water partition coefficient (Wildman–Crippen LogP) is 3.46. The van der Waals surface area contributed by atoms with Gasteiger partial charge in [0.1, 0.15) is 11.5 Å². The SMILES string of the molecule is CC(C)c1csc(CCc2ccn3c(=O)c(C=CC(=O)O)c(N4CCC(C(=O)O)CC4)nc3c2)n1. The second-order valence-electron chi connectivity index (χ2n) is 9.01. The molecule has 0 aromatic carbocycles. The third-order valence-electron chi connectivity index (χ3n) is 6.23. The Morgan fingerprint density at radius 3 is 2.57 bits per heavy atom. The molecule has 0 spiro atoms. The van der Waals surface area contributed by atoms with Crippen LogP contribution < -0.4 is 10.5 Å². The van der Waals surface area contributed by atoms with Gasteiger partial charge in [-0.2, -0.15) is 0 Å². The molecule has 10 heteroatoms. The Hall–Kier alpha value is -3.53. The van der Waals surface area contributed by atoms with Gasteiger partial charge in [-0.1, -0.05) is 13.8 Å². The number of carboxylic acids is 2. The maximum absolute atomic E-state index is 13.3. The maximum atomic E-state index is 13.3. The molecule has 0 saturated carbocycles. The smallest absolute Gasteiger partial charge is 0.328 e. The number of aryl methyl sites for hydroxylation is 2. The molecule has 1 saturated heterocycles. The van der Waals surface area contributed by atoms with Crippen LogP contribution in [0.1, 0.15) is 54.4 Å². The number of hydrogen-bond donors (Lipinski definition) is 2. The number of nitrogens with zero attached hydrogens (tertiary/aromatic N) is 4. The number of carbonyl (C=O) groups is 2. The van der Waals surface area contributed by atoms with Gasteiger partial charge in [-0.05, 0) is 49.0 Å². The van der Waals surface area contributed by atoms with E-state index in [-0.39, 0.29) is 11.1 Å². The van der Waals surface area contributed by atoms with Gasteiger partial charge in [-0.15, -0.1) is 11.3 Å². The van der Waals surface area contributed by atoms with Crippen LogP contribution in [0.3, 0.4) is 0 Å². The average molecular weight is 497 g/mol. The number of rotatable bonds is 8. The van der Waals surface area contributed by atoms with Crippen molar-refractivity contribution in [3.8, 4) is 0 Å². The minimum atomic E-state index is -1.16. The summed E-state index contributed by atoms with van der Waals surface area (Å²) in [6.07, 6.45) is 6.26. The van der Waals surface area contributed by atoms with E-state index in [0.29, 0.717) is 43.3 Å². The molecule has 1 fully saturated rings. The lowest BCUT2D eigenvalue weighted by molar-refractivity contribution is -0.142. The van der Waals surface area contributed by atoms with E-state index in [2.05, 4.69) is 24.2 Å². The largest absolute Gasteiger partial charge is 0.481 e. The van der Waals surface area contributed by atoms with Crippen LogP contribution in [-0.4, -0.2) is 49.6 Å². The zero-order valence-electron chi connectivity index (χ0n) is 19.7. The molecule has 3 aromatic heterocycles. The third kappa shape index (κ3) is 5.59. The standard InChI is InChI=1S/C25H28N4O5S/c1-15(2)19-14-35-21(26-19)5-3-16-7-12-29-20(13-16)27-23(18(24(29)32)4-6-22(30)31)28-10-8-17(9-11-28)25(33)34/h4,6-7,12-15,17H,3,5,8-11H2,1-2H3,(H,30,31)(H,33,34). The second kappa shape index (κ2) is 10.4. The van der Waals surface area contributed by atoms with Gasteiger partial charge in [-0.25, -0.2) is 14.8 Å². The number of thiazole rings is 1. The van der Waals surface area contributed by atoms with Crippen molar-refractivity contribution in [1.29, 1.82) is 0 Å². The molecule has 1 aliphatic rings. The van der Waals surface area contributed by atoms with Crippen LogP contribution in [-0.2, 0) is 22.4 Å². The monoisotopic (exact) mass is 496 g/mol. The molecule has 4 rings (SSSR count). The highest BCUT2D eigenvalue weighted by atomic mass is 32.1. The van der Waals surface area contributed by atoms with E-state index in [1.165, 1.54) is 10.5 Å². The van der Waals surface area contributed by atoms with Crippen LogP contribution in [0.25, 0.3) is 11.7 Å². The van der Waals surface area contributed by atoms with E-state index < -0.39 is 17.9 Å². The van der Waals surface area contributed by atoms with E-state index >= 15 is 0 Å². The lowest BCUT2D eigenvalue weighted by Crippen LogP contribution is -2.38. The number of hydrogen-bond acceptors (Lipinski definition) is 7. The van der Waals surface area contributed by atoms with Crippen LogP contribution in [0.5, 0.6) is 0 Å². The number of anilines is 1. The number of fused-ring (bicyclic) bond motifs is 1. The number of piperidine rings is 1. The van der Waals surface area contributed by atoms with E-state index in [9.17, 15) is 19.5 Å². The molecule has 1 aliphatic heterocycles. The van der Waals surface area contributed by atoms with E-state index in [0.717, 1.165) is 35.2 Å². The second-order valence-corrected chi connectivity index (χ2v) is 9.95. The lowest BCUT2D eigenvalue weighted by atomic mass is 9.97. The van der Waals surface area contributed by atoms with Gasteiger partial charge in [-0.3, -0.25) is 14.0 Å². The summed E-state index contributed by atoms with van der Waals surface area (Å²) in [6, 6.07) is 3.74. The number of aromatic nitrogens is 3. The minimum absolute atomic E-state index is 0.176. The summed E-state index contributed by atoms with van der Waals surface area (Å²) in [5.41, 5.74) is 2.39. The number of pyridine rings is 1. The van der Waals surface area contributed by atoms with Gasteiger partial charge in [0, 0.05) is 37.2 Å². The first-order valence-electron chi connectivity index (χ1n) is 11.6. The molecule has 2 N–H and O–H groups in total. The molecule has 0 radical (unpaired) electrons. The molecule has 0 unspecified atom stereocenters. The molecule has 0 bridgehead atoms.